The summed E-state index contributed by atoms with van der Waals surface area (Å²) in [7, 11) is 1.61. The second-order valence-corrected chi connectivity index (χ2v) is 4.96. The lowest BCUT2D eigenvalue weighted by Crippen LogP contribution is -2.33. The molecule has 5 nitrogen and oxygen atoms in total. The van der Waals surface area contributed by atoms with Gasteiger partial charge in [0.25, 0.3) is 0 Å². The zero-order chi connectivity index (χ0) is 15.1. The molecule has 1 aromatic carbocycles. The molecule has 0 unspecified atom stereocenters. The highest BCUT2D eigenvalue weighted by Crippen LogP contribution is 2.16. The molecular weight excluding hydrogens is 260 g/mol. The normalized spacial score (nSPS) is 15.4. The van der Waals surface area contributed by atoms with E-state index in [9.17, 15) is 9.90 Å². The van der Waals surface area contributed by atoms with Crippen LogP contribution in [-0.4, -0.2) is 36.0 Å². The van der Waals surface area contributed by atoms with Crippen LogP contribution >= 0.6 is 0 Å². The standard InChI is InChI=1S/C15H22O5/c1-10(14(16)11(2)15(17)18)8-20-9-12-4-6-13(19-3)7-5-12/h4-7,10-11,14,16H,8-9H2,1-3H3,(H,17,18)/t10-,11+,14-/m0/s1. The number of carboxylic acids is 1. The van der Waals surface area contributed by atoms with Crippen LogP contribution in [0.3, 0.4) is 0 Å². The number of rotatable bonds is 8. The molecule has 112 valence electrons. The number of aliphatic hydroxyl groups is 1. The molecule has 0 aliphatic carbocycles. The van der Waals surface area contributed by atoms with E-state index in [1.807, 2.05) is 24.3 Å². The molecule has 2 N–H and O–H groups in total. The fourth-order valence-corrected chi connectivity index (χ4v) is 1.82. The molecule has 0 aromatic heterocycles. The van der Waals surface area contributed by atoms with Crippen molar-refractivity contribution in [2.75, 3.05) is 13.7 Å². The Kier molecular flexibility index (Phi) is 6.48. The van der Waals surface area contributed by atoms with E-state index in [0.29, 0.717) is 13.2 Å². The van der Waals surface area contributed by atoms with Gasteiger partial charge in [-0.3, -0.25) is 4.79 Å². The van der Waals surface area contributed by atoms with Crippen LogP contribution in [0.1, 0.15) is 19.4 Å². The Morgan fingerprint density at radius 1 is 1.25 bits per heavy atom. The number of hydrogen-bond acceptors (Lipinski definition) is 4. The highest BCUT2D eigenvalue weighted by molar-refractivity contribution is 5.70. The first-order chi connectivity index (χ1) is 9.45. The number of aliphatic carboxylic acids is 1. The van der Waals surface area contributed by atoms with Gasteiger partial charge in [-0.25, -0.2) is 0 Å². The smallest absolute Gasteiger partial charge is 0.308 e. The van der Waals surface area contributed by atoms with Gasteiger partial charge < -0.3 is 19.7 Å². The predicted octanol–water partition coefficient (Wildman–Crippen LogP) is 1.93. The summed E-state index contributed by atoms with van der Waals surface area (Å²) < 4.78 is 10.6. The Morgan fingerprint density at radius 2 is 1.85 bits per heavy atom. The zero-order valence-corrected chi connectivity index (χ0v) is 12.1. The average molecular weight is 282 g/mol. The van der Waals surface area contributed by atoms with Gasteiger partial charge in [0.15, 0.2) is 0 Å². The van der Waals surface area contributed by atoms with Gasteiger partial charge in [-0.05, 0) is 24.6 Å². The van der Waals surface area contributed by atoms with Gasteiger partial charge in [0.1, 0.15) is 5.75 Å². The lowest BCUT2D eigenvalue weighted by molar-refractivity contribution is -0.146. The number of ether oxygens (including phenoxy) is 2. The van der Waals surface area contributed by atoms with E-state index in [2.05, 4.69) is 0 Å². The van der Waals surface area contributed by atoms with Crippen molar-refractivity contribution < 1.29 is 24.5 Å². The lowest BCUT2D eigenvalue weighted by atomic mass is 9.94. The first kappa shape index (κ1) is 16.5. The van der Waals surface area contributed by atoms with E-state index >= 15 is 0 Å². The molecule has 0 radical (unpaired) electrons. The van der Waals surface area contributed by atoms with Crippen molar-refractivity contribution in [3.8, 4) is 5.75 Å². The molecule has 0 saturated heterocycles. The molecule has 0 bridgehead atoms. The molecule has 0 amide bonds. The zero-order valence-electron chi connectivity index (χ0n) is 12.1. The molecule has 0 heterocycles. The minimum atomic E-state index is -1.00. The van der Waals surface area contributed by atoms with E-state index in [4.69, 9.17) is 14.6 Å². The number of methoxy groups -OCH3 is 1. The van der Waals surface area contributed by atoms with Crippen LogP contribution in [0.5, 0.6) is 5.75 Å². The second kappa shape index (κ2) is 7.87. The lowest BCUT2D eigenvalue weighted by Gasteiger charge is -2.22. The van der Waals surface area contributed by atoms with Gasteiger partial charge >= 0.3 is 5.97 Å². The Labute approximate surface area is 119 Å². The maximum absolute atomic E-state index is 10.8. The van der Waals surface area contributed by atoms with E-state index in [-0.39, 0.29) is 5.92 Å². The second-order valence-electron chi connectivity index (χ2n) is 4.96. The summed E-state index contributed by atoms with van der Waals surface area (Å²) in [6.07, 6.45) is -0.914. The van der Waals surface area contributed by atoms with Crippen LogP contribution in [-0.2, 0) is 16.1 Å². The van der Waals surface area contributed by atoms with Crippen LogP contribution in [0, 0.1) is 11.8 Å². The van der Waals surface area contributed by atoms with Crippen molar-refractivity contribution in [2.45, 2.75) is 26.6 Å². The topological polar surface area (TPSA) is 76.0 Å². The SMILES string of the molecule is COc1ccc(COC[C@H](C)[C@H](O)[C@@H](C)C(=O)O)cc1. The Morgan fingerprint density at radius 3 is 2.35 bits per heavy atom. The van der Waals surface area contributed by atoms with Crippen molar-refractivity contribution in [2.24, 2.45) is 11.8 Å². The average Bonchev–Trinajstić information content (AvgIpc) is 2.46. The maximum Gasteiger partial charge on any atom is 0.308 e. The molecule has 0 aliphatic heterocycles. The predicted molar refractivity (Wildman–Crippen MR) is 74.6 cm³/mol. The molecule has 5 heteroatoms. The molecule has 0 spiro atoms. The van der Waals surface area contributed by atoms with Crippen LogP contribution in [0.25, 0.3) is 0 Å². The number of hydrogen-bond donors (Lipinski definition) is 2. The third-order valence-corrected chi connectivity index (χ3v) is 3.29. The molecule has 3 atom stereocenters. The Bertz CT molecular complexity index is 415. The fraction of sp³-hybridized carbons (Fsp3) is 0.533. The summed E-state index contributed by atoms with van der Waals surface area (Å²) in [5.74, 6) is -1.25. The monoisotopic (exact) mass is 282 g/mol. The van der Waals surface area contributed by atoms with Gasteiger partial charge in [0.2, 0.25) is 0 Å². The molecule has 0 aliphatic rings. The van der Waals surface area contributed by atoms with Crippen molar-refractivity contribution in [1.82, 2.24) is 0 Å². The quantitative estimate of drug-likeness (QED) is 0.762. The number of aliphatic hydroxyl groups excluding tert-OH is 1. The van der Waals surface area contributed by atoms with Crippen LogP contribution in [0.4, 0.5) is 0 Å². The minimum Gasteiger partial charge on any atom is -0.497 e. The van der Waals surface area contributed by atoms with Gasteiger partial charge in [0.05, 0.1) is 32.3 Å². The van der Waals surface area contributed by atoms with Crippen molar-refractivity contribution in [3.05, 3.63) is 29.8 Å². The van der Waals surface area contributed by atoms with Crippen molar-refractivity contribution in [3.63, 3.8) is 0 Å². The van der Waals surface area contributed by atoms with Crippen LogP contribution in [0.15, 0.2) is 24.3 Å². The van der Waals surface area contributed by atoms with Gasteiger partial charge in [-0.15, -0.1) is 0 Å². The number of carbonyl (C=O) groups is 1. The van der Waals surface area contributed by atoms with Crippen LogP contribution in [0.2, 0.25) is 0 Å². The van der Waals surface area contributed by atoms with Crippen molar-refractivity contribution >= 4 is 5.97 Å². The molecule has 20 heavy (non-hydrogen) atoms. The molecular formula is C15H22O5. The fourth-order valence-electron chi connectivity index (χ4n) is 1.82. The Balaban J connectivity index is 2.37. The molecule has 1 rings (SSSR count). The first-order valence-electron chi connectivity index (χ1n) is 6.57. The summed E-state index contributed by atoms with van der Waals surface area (Å²) in [5.41, 5.74) is 0.999. The van der Waals surface area contributed by atoms with E-state index in [0.717, 1.165) is 11.3 Å². The molecule has 0 fully saturated rings. The van der Waals surface area contributed by atoms with E-state index < -0.39 is 18.0 Å². The maximum atomic E-state index is 10.8. The highest BCUT2D eigenvalue weighted by Gasteiger charge is 2.26. The molecule has 1 aromatic rings. The summed E-state index contributed by atoms with van der Waals surface area (Å²) in [6.45, 7) is 4.00. The summed E-state index contributed by atoms with van der Waals surface area (Å²) >= 11 is 0. The molecule has 0 saturated carbocycles. The largest absolute Gasteiger partial charge is 0.497 e. The number of benzene rings is 1. The third kappa shape index (κ3) is 4.83. The first-order valence-corrected chi connectivity index (χ1v) is 6.57. The summed E-state index contributed by atoms with van der Waals surface area (Å²) in [5, 5.41) is 18.7. The Hall–Kier alpha value is -1.59. The summed E-state index contributed by atoms with van der Waals surface area (Å²) in [4.78, 5) is 10.8. The van der Waals surface area contributed by atoms with Gasteiger partial charge in [-0.1, -0.05) is 19.1 Å². The van der Waals surface area contributed by atoms with Gasteiger partial charge in [0, 0.05) is 5.92 Å². The number of carboxylic acid groups (broad SMARTS) is 1. The van der Waals surface area contributed by atoms with Crippen molar-refractivity contribution in [1.29, 1.82) is 0 Å². The van der Waals surface area contributed by atoms with Crippen LogP contribution < -0.4 is 4.74 Å². The van der Waals surface area contributed by atoms with E-state index in [1.54, 1.807) is 14.0 Å². The van der Waals surface area contributed by atoms with E-state index in [1.165, 1.54) is 6.92 Å². The van der Waals surface area contributed by atoms with Gasteiger partial charge in [-0.2, -0.15) is 0 Å². The summed E-state index contributed by atoms with van der Waals surface area (Å²) in [6, 6.07) is 7.51. The third-order valence-electron chi connectivity index (χ3n) is 3.29. The highest BCUT2D eigenvalue weighted by atomic mass is 16.5. The minimum absolute atomic E-state index is 0.237.